The molecule has 2 aliphatic carbocycles. The van der Waals surface area contributed by atoms with Crippen LogP contribution in [-0.2, 0) is 0 Å². The molecule has 0 amide bonds. The van der Waals surface area contributed by atoms with Crippen molar-refractivity contribution in [2.45, 2.75) is 38.6 Å². The van der Waals surface area contributed by atoms with Gasteiger partial charge in [-0.25, -0.2) is 4.98 Å². The summed E-state index contributed by atoms with van der Waals surface area (Å²) in [5, 5.41) is 3.46. The number of nitrogens with two attached hydrogens (primary N) is 1. The first-order chi connectivity index (χ1) is 9.19. The normalized spacial score (nSPS) is 30.3. The first-order valence-electron chi connectivity index (χ1n) is 7.10. The topological polar surface area (TPSA) is 73.1 Å². The Hall–Kier alpha value is -1.52. The molecule has 2 saturated carbocycles. The predicted molar refractivity (Wildman–Crippen MR) is 75.0 cm³/mol. The maximum absolute atomic E-state index is 6.00. The Morgan fingerprint density at radius 2 is 2.21 bits per heavy atom. The van der Waals surface area contributed by atoms with Gasteiger partial charge in [0, 0.05) is 6.04 Å². The number of rotatable bonds is 4. The minimum absolute atomic E-state index is 0.400. The second-order valence-electron chi connectivity index (χ2n) is 5.92. The molecule has 0 aromatic carbocycles. The number of nitrogens with one attached hydrogen (secondary N) is 1. The van der Waals surface area contributed by atoms with Crippen molar-refractivity contribution in [2.75, 3.05) is 18.2 Å². The van der Waals surface area contributed by atoms with Crippen LogP contribution in [0.5, 0.6) is 5.88 Å². The number of fused-ring (bicyclic) bond motifs is 2. The lowest BCUT2D eigenvalue weighted by molar-refractivity contribution is 0.304. The van der Waals surface area contributed by atoms with Gasteiger partial charge in [0.25, 0.3) is 0 Å². The number of nitrogen functional groups attached to an aromatic ring is 1. The third-order valence-corrected chi connectivity index (χ3v) is 4.84. The second kappa shape index (κ2) is 4.87. The third-order valence-electron chi connectivity index (χ3n) is 4.84. The zero-order chi connectivity index (χ0) is 13.4. The van der Waals surface area contributed by atoms with E-state index in [1.165, 1.54) is 32.0 Å². The maximum atomic E-state index is 6.00. The summed E-state index contributed by atoms with van der Waals surface area (Å²) in [6.07, 6.45) is 7.08. The Balaban J connectivity index is 1.71. The van der Waals surface area contributed by atoms with Crippen molar-refractivity contribution in [3.05, 3.63) is 6.33 Å². The lowest BCUT2D eigenvalue weighted by Crippen LogP contribution is -2.30. The standard InChI is InChI=1S/C14H22N4O/c1-8(11-6-9-3-4-10(11)5-9)18-13-12(15)14(19-2)17-7-16-13/h7-11H,3-6,15H2,1-2H3,(H,16,17,18). The molecule has 0 spiro atoms. The van der Waals surface area contributed by atoms with Crippen molar-refractivity contribution in [1.82, 2.24) is 9.97 Å². The summed E-state index contributed by atoms with van der Waals surface area (Å²) >= 11 is 0. The smallest absolute Gasteiger partial charge is 0.242 e. The number of ether oxygens (including phenoxy) is 1. The van der Waals surface area contributed by atoms with E-state index in [1.807, 2.05) is 0 Å². The molecule has 0 radical (unpaired) electrons. The summed E-state index contributed by atoms with van der Waals surface area (Å²) in [5.74, 6) is 3.73. The average molecular weight is 262 g/mol. The highest BCUT2D eigenvalue weighted by Gasteiger charge is 2.41. The molecule has 1 heterocycles. The molecule has 2 fully saturated rings. The summed E-state index contributed by atoms with van der Waals surface area (Å²) in [6, 6.07) is 0.400. The van der Waals surface area contributed by atoms with Crippen LogP contribution in [0.25, 0.3) is 0 Å². The van der Waals surface area contributed by atoms with Crippen LogP contribution in [-0.4, -0.2) is 23.1 Å². The van der Waals surface area contributed by atoms with Gasteiger partial charge in [-0.3, -0.25) is 0 Å². The monoisotopic (exact) mass is 262 g/mol. The Bertz CT molecular complexity index is 465. The Kier molecular flexibility index (Phi) is 3.21. The molecule has 0 aliphatic heterocycles. The highest BCUT2D eigenvalue weighted by atomic mass is 16.5. The largest absolute Gasteiger partial charge is 0.479 e. The van der Waals surface area contributed by atoms with Gasteiger partial charge in [0.15, 0.2) is 5.82 Å². The van der Waals surface area contributed by atoms with E-state index >= 15 is 0 Å². The molecule has 3 rings (SSSR count). The SMILES string of the molecule is COc1ncnc(NC(C)C2CC3CCC2C3)c1N. The Morgan fingerprint density at radius 3 is 2.84 bits per heavy atom. The molecular formula is C14H22N4O. The number of hydrogen-bond acceptors (Lipinski definition) is 5. The van der Waals surface area contributed by atoms with Crippen molar-refractivity contribution >= 4 is 11.5 Å². The number of hydrogen-bond donors (Lipinski definition) is 2. The highest BCUT2D eigenvalue weighted by molar-refractivity contribution is 5.66. The minimum Gasteiger partial charge on any atom is -0.479 e. The van der Waals surface area contributed by atoms with E-state index in [2.05, 4.69) is 22.2 Å². The number of methoxy groups -OCH3 is 1. The third kappa shape index (κ3) is 2.22. The molecule has 4 atom stereocenters. The van der Waals surface area contributed by atoms with E-state index < -0.39 is 0 Å². The summed E-state index contributed by atoms with van der Waals surface area (Å²) in [7, 11) is 1.57. The van der Waals surface area contributed by atoms with Crippen LogP contribution in [0, 0.1) is 17.8 Å². The van der Waals surface area contributed by atoms with Crippen LogP contribution in [0.4, 0.5) is 11.5 Å². The van der Waals surface area contributed by atoms with Crippen molar-refractivity contribution in [3.63, 3.8) is 0 Å². The summed E-state index contributed by atoms with van der Waals surface area (Å²) < 4.78 is 5.13. The lowest BCUT2D eigenvalue weighted by atomic mass is 9.84. The van der Waals surface area contributed by atoms with Crippen molar-refractivity contribution in [1.29, 1.82) is 0 Å². The Morgan fingerprint density at radius 1 is 1.37 bits per heavy atom. The zero-order valence-corrected chi connectivity index (χ0v) is 11.6. The van der Waals surface area contributed by atoms with Gasteiger partial charge in [0.05, 0.1) is 7.11 Å². The fourth-order valence-electron chi connectivity index (χ4n) is 3.89. The molecule has 104 valence electrons. The number of anilines is 2. The molecule has 19 heavy (non-hydrogen) atoms. The minimum atomic E-state index is 0.400. The van der Waals surface area contributed by atoms with E-state index in [0.29, 0.717) is 23.4 Å². The van der Waals surface area contributed by atoms with Gasteiger partial charge in [-0.05, 0) is 43.9 Å². The van der Waals surface area contributed by atoms with E-state index in [-0.39, 0.29) is 0 Å². The molecule has 1 aromatic heterocycles. The molecule has 1 aromatic rings. The van der Waals surface area contributed by atoms with Crippen molar-refractivity contribution < 1.29 is 4.74 Å². The lowest BCUT2D eigenvalue weighted by Gasteiger charge is -2.29. The fraction of sp³-hybridized carbons (Fsp3) is 0.714. The second-order valence-corrected chi connectivity index (χ2v) is 5.92. The maximum Gasteiger partial charge on any atom is 0.242 e. The van der Waals surface area contributed by atoms with Gasteiger partial charge in [0.2, 0.25) is 5.88 Å². The van der Waals surface area contributed by atoms with E-state index in [1.54, 1.807) is 7.11 Å². The van der Waals surface area contributed by atoms with Crippen LogP contribution < -0.4 is 15.8 Å². The quantitative estimate of drug-likeness (QED) is 0.871. The van der Waals surface area contributed by atoms with Gasteiger partial charge >= 0.3 is 0 Å². The number of aromatic nitrogens is 2. The molecular weight excluding hydrogens is 240 g/mol. The van der Waals surface area contributed by atoms with Crippen LogP contribution in [0.3, 0.4) is 0 Å². The number of nitrogens with zero attached hydrogens (tertiary/aromatic N) is 2. The van der Waals surface area contributed by atoms with Gasteiger partial charge in [-0.1, -0.05) is 6.42 Å². The molecule has 5 heteroatoms. The van der Waals surface area contributed by atoms with E-state index in [9.17, 15) is 0 Å². The fourth-order valence-corrected chi connectivity index (χ4v) is 3.89. The molecule has 4 unspecified atom stereocenters. The van der Waals surface area contributed by atoms with Crippen LogP contribution in [0.1, 0.15) is 32.6 Å². The van der Waals surface area contributed by atoms with Crippen molar-refractivity contribution in [2.24, 2.45) is 17.8 Å². The van der Waals surface area contributed by atoms with E-state index in [0.717, 1.165) is 17.8 Å². The van der Waals surface area contributed by atoms with Crippen LogP contribution in [0.15, 0.2) is 6.33 Å². The first kappa shape index (κ1) is 12.5. The van der Waals surface area contributed by atoms with Crippen molar-refractivity contribution in [3.8, 4) is 5.88 Å². The average Bonchev–Trinajstić information content (AvgIpc) is 3.03. The summed E-state index contributed by atoms with van der Waals surface area (Å²) in [4.78, 5) is 8.24. The zero-order valence-electron chi connectivity index (χ0n) is 11.6. The van der Waals surface area contributed by atoms with Gasteiger partial charge in [-0.2, -0.15) is 4.98 Å². The molecule has 0 saturated heterocycles. The van der Waals surface area contributed by atoms with Gasteiger partial charge in [-0.15, -0.1) is 0 Å². The first-order valence-corrected chi connectivity index (χ1v) is 7.10. The summed E-state index contributed by atoms with van der Waals surface area (Å²) in [5.41, 5.74) is 6.50. The van der Waals surface area contributed by atoms with E-state index in [4.69, 9.17) is 10.5 Å². The molecule has 2 aliphatic rings. The molecule has 2 bridgehead atoms. The predicted octanol–water partition coefficient (Wildman–Crippen LogP) is 2.30. The van der Waals surface area contributed by atoms with Gasteiger partial charge < -0.3 is 15.8 Å². The van der Waals surface area contributed by atoms with Crippen LogP contribution in [0.2, 0.25) is 0 Å². The molecule has 3 N–H and O–H groups in total. The summed E-state index contributed by atoms with van der Waals surface area (Å²) in [6.45, 7) is 2.24. The van der Waals surface area contributed by atoms with Crippen LogP contribution >= 0.6 is 0 Å². The highest BCUT2D eigenvalue weighted by Crippen LogP contribution is 2.50. The van der Waals surface area contributed by atoms with Gasteiger partial charge in [0.1, 0.15) is 12.0 Å². The Labute approximate surface area is 114 Å². The molecule has 5 nitrogen and oxygen atoms in total.